The van der Waals surface area contributed by atoms with Gasteiger partial charge in [0.25, 0.3) is 0 Å². The minimum atomic E-state index is -0.347. The third-order valence-electron chi connectivity index (χ3n) is 3.46. The van der Waals surface area contributed by atoms with E-state index in [9.17, 15) is 4.79 Å². The average molecular weight is 263 g/mol. The molecule has 4 heteroatoms. The maximum absolute atomic E-state index is 12.1. The lowest BCUT2D eigenvalue weighted by molar-refractivity contribution is -0.132. The molecule has 1 aliphatic rings. The monoisotopic (exact) mass is 263 g/mol. The van der Waals surface area contributed by atoms with Crippen molar-refractivity contribution in [2.45, 2.75) is 44.4 Å². The van der Waals surface area contributed by atoms with Gasteiger partial charge in [-0.25, -0.2) is 0 Å². The summed E-state index contributed by atoms with van der Waals surface area (Å²) in [6.45, 7) is 2.03. The summed E-state index contributed by atoms with van der Waals surface area (Å²) in [4.78, 5) is 12.1. The summed E-state index contributed by atoms with van der Waals surface area (Å²) in [7, 11) is 0. The summed E-state index contributed by atoms with van der Waals surface area (Å²) >= 11 is 0. The Kier molecular flexibility index (Phi) is 4.93. The number of nitrogens with one attached hydrogen (secondary N) is 1. The van der Waals surface area contributed by atoms with Gasteiger partial charge in [0.05, 0.1) is 12.1 Å². The predicted octanol–water partition coefficient (Wildman–Crippen LogP) is 1.79. The second kappa shape index (κ2) is 6.68. The highest BCUT2D eigenvalue weighted by molar-refractivity contribution is 5.81. The summed E-state index contributed by atoms with van der Waals surface area (Å²) in [5, 5.41) is 12.1. The molecule has 0 spiro atoms. The fourth-order valence-corrected chi connectivity index (χ4v) is 2.40. The first-order valence-electron chi connectivity index (χ1n) is 6.82. The smallest absolute Gasteiger partial charge is 0.249 e. The highest BCUT2D eigenvalue weighted by Gasteiger charge is 2.29. The number of carbonyl (C=O) groups excluding carboxylic acids is 1. The summed E-state index contributed by atoms with van der Waals surface area (Å²) in [6.07, 6.45) is 2.02. The average Bonchev–Trinajstić information content (AvgIpc) is 2.86. The van der Waals surface area contributed by atoms with Crippen LogP contribution in [-0.2, 0) is 9.53 Å². The molecule has 2 rings (SSSR count). The summed E-state index contributed by atoms with van der Waals surface area (Å²) < 4.78 is 5.56. The molecule has 1 aromatic rings. The van der Waals surface area contributed by atoms with Crippen LogP contribution in [0.1, 0.15) is 37.8 Å². The van der Waals surface area contributed by atoms with Gasteiger partial charge in [-0.1, -0.05) is 30.3 Å². The highest BCUT2D eigenvalue weighted by atomic mass is 16.5. The Morgan fingerprint density at radius 1 is 1.42 bits per heavy atom. The Labute approximate surface area is 113 Å². The third kappa shape index (κ3) is 3.78. The van der Waals surface area contributed by atoms with Gasteiger partial charge in [-0.3, -0.25) is 4.79 Å². The van der Waals surface area contributed by atoms with Crippen molar-refractivity contribution < 1.29 is 14.6 Å². The number of hydrogen-bond donors (Lipinski definition) is 2. The second-order valence-electron chi connectivity index (χ2n) is 5.00. The number of aliphatic hydroxyl groups is 1. The van der Waals surface area contributed by atoms with Crippen LogP contribution in [0.5, 0.6) is 0 Å². The number of ether oxygens (including phenoxy) is 1. The molecule has 1 amide bonds. The second-order valence-corrected chi connectivity index (χ2v) is 5.00. The van der Waals surface area contributed by atoms with E-state index in [1.807, 2.05) is 37.3 Å². The number of benzene rings is 1. The zero-order valence-electron chi connectivity index (χ0n) is 11.2. The Bertz CT molecular complexity index is 407. The van der Waals surface area contributed by atoms with Crippen LogP contribution in [0.4, 0.5) is 0 Å². The topological polar surface area (TPSA) is 58.6 Å². The Morgan fingerprint density at radius 2 is 2.16 bits per heavy atom. The standard InChI is InChI=1S/C15H21NO3/c1-11-7-8-14(19-11)15(18)16-13(9-10-17)12-5-3-2-4-6-12/h2-6,11,13-14,17H,7-10H2,1H3,(H,16,18)/t11-,13+,14+/m1/s1. The minimum absolute atomic E-state index is 0.0434. The molecule has 1 heterocycles. The normalized spacial score (nSPS) is 24.1. The van der Waals surface area contributed by atoms with Crippen LogP contribution in [0.2, 0.25) is 0 Å². The first-order chi connectivity index (χ1) is 9.20. The van der Waals surface area contributed by atoms with Crippen molar-refractivity contribution in [2.24, 2.45) is 0 Å². The van der Waals surface area contributed by atoms with E-state index >= 15 is 0 Å². The lowest BCUT2D eigenvalue weighted by Gasteiger charge is -2.20. The molecule has 0 aromatic heterocycles. The van der Waals surface area contributed by atoms with Gasteiger partial charge in [0.2, 0.25) is 5.91 Å². The van der Waals surface area contributed by atoms with Gasteiger partial charge in [0, 0.05) is 6.61 Å². The molecule has 0 radical (unpaired) electrons. The van der Waals surface area contributed by atoms with Crippen LogP contribution in [0.15, 0.2) is 30.3 Å². The molecule has 0 bridgehead atoms. The van der Waals surface area contributed by atoms with E-state index in [0.29, 0.717) is 6.42 Å². The molecule has 0 aliphatic carbocycles. The van der Waals surface area contributed by atoms with Crippen molar-refractivity contribution in [3.05, 3.63) is 35.9 Å². The fraction of sp³-hybridized carbons (Fsp3) is 0.533. The highest BCUT2D eigenvalue weighted by Crippen LogP contribution is 2.21. The van der Waals surface area contributed by atoms with Gasteiger partial charge in [-0.05, 0) is 31.7 Å². The quantitative estimate of drug-likeness (QED) is 0.851. The molecular weight excluding hydrogens is 242 g/mol. The zero-order valence-corrected chi connectivity index (χ0v) is 11.2. The Balaban J connectivity index is 1.99. The molecule has 0 unspecified atom stereocenters. The van der Waals surface area contributed by atoms with Crippen molar-refractivity contribution in [1.82, 2.24) is 5.32 Å². The third-order valence-corrected chi connectivity index (χ3v) is 3.46. The van der Waals surface area contributed by atoms with E-state index in [2.05, 4.69) is 5.32 Å². The summed E-state index contributed by atoms with van der Waals surface area (Å²) in [6, 6.07) is 9.55. The van der Waals surface area contributed by atoms with Gasteiger partial charge >= 0.3 is 0 Å². The van der Waals surface area contributed by atoms with E-state index in [4.69, 9.17) is 9.84 Å². The first kappa shape index (κ1) is 14.0. The fourth-order valence-electron chi connectivity index (χ4n) is 2.40. The molecule has 4 nitrogen and oxygen atoms in total. The molecule has 1 aromatic carbocycles. The minimum Gasteiger partial charge on any atom is -0.396 e. The van der Waals surface area contributed by atoms with Crippen molar-refractivity contribution in [3.8, 4) is 0 Å². The zero-order chi connectivity index (χ0) is 13.7. The van der Waals surface area contributed by atoms with Gasteiger partial charge in [-0.15, -0.1) is 0 Å². The maximum Gasteiger partial charge on any atom is 0.249 e. The lowest BCUT2D eigenvalue weighted by Crippen LogP contribution is -2.37. The molecule has 3 atom stereocenters. The van der Waals surface area contributed by atoms with Crippen molar-refractivity contribution in [3.63, 3.8) is 0 Å². The molecule has 104 valence electrons. The summed E-state index contributed by atoms with van der Waals surface area (Å²) in [5.74, 6) is -0.0772. The van der Waals surface area contributed by atoms with Gasteiger partial charge in [0.15, 0.2) is 0 Å². The van der Waals surface area contributed by atoms with Crippen LogP contribution in [0.3, 0.4) is 0 Å². The molecule has 0 saturated carbocycles. The molecule has 1 fully saturated rings. The van der Waals surface area contributed by atoms with Crippen LogP contribution in [0, 0.1) is 0 Å². The molecular formula is C15H21NO3. The number of rotatable bonds is 5. The van der Waals surface area contributed by atoms with E-state index in [0.717, 1.165) is 18.4 Å². The predicted molar refractivity (Wildman–Crippen MR) is 72.6 cm³/mol. The van der Waals surface area contributed by atoms with Crippen LogP contribution in [0.25, 0.3) is 0 Å². The van der Waals surface area contributed by atoms with E-state index in [1.54, 1.807) is 0 Å². The van der Waals surface area contributed by atoms with E-state index in [-0.39, 0.29) is 30.8 Å². The van der Waals surface area contributed by atoms with E-state index in [1.165, 1.54) is 0 Å². The molecule has 1 aliphatic heterocycles. The van der Waals surface area contributed by atoms with Crippen molar-refractivity contribution in [2.75, 3.05) is 6.61 Å². The largest absolute Gasteiger partial charge is 0.396 e. The number of carbonyl (C=O) groups is 1. The Morgan fingerprint density at radius 3 is 2.74 bits per heavy atom. The number of hydrogen-bond acceptors (Lipinski definition) is 3. The van der Waals surface area contributed by atoms with Gasteiger partial charge < -0.3 is 15.2 Å². The van der Waals surface area contributed by atoms with Crippen molar-refractivity contribution >= 4 is 5.91 Å². The molecule has 19 heavy (non-hydrogen) atoms. The maximum atomic E-state index is 12.1. The number of aliphatic hydroxyl groups excluding tert-OH is 1. The van der Waals surface area contributed by atoms with Crippen LogP contribution in [-0.4, -0.2) is 29.8 Å². The van der Waals surface area contributed by atoms with E-state index < -0.39 is 0 Å². The first-order valence-corrected chi connectivity index (χ1v) is 6.82. The molecule has 1 saturated heterocycles. The van der Waals surface area contributed by atoms with Crippen LogP contribution >= 0.6 is 0 Å². The lowest BCUT2D eigenvalue weighted by atomic mass is 10.0. The number of amides is 1. The van der Waals surface area contributed by atoms with Gasteiger partial charge in [-0.2, -0.15) is 0 Å². The SMILES string of the molecule is C[C@@H]1CC[C@@H](C(=O)N[C@@H](CCO)c2ccccc2)O1. The van der Waals surface area contributed by atoms with Gasteiger partial charge in [0.1, 0.15) is 6.10 Å². The Hall–Kier alpha value is -1.39. The summed E-state index contributed by atoms with van der Waals surface area (Å²) in [5.41, 5.74) is 1.01. The van der Waals surface area contributed by atoms with Crippen molar-refractivity contribution in [1.29, 1.82) is 0 Å². The van der Waals surface area contributed by atoms with Crippen LogP contribution < -0.4 is 5.32 Å². The molecule has 2 N–H and O–H groups in total.